The van der Waals surface area contributed by atoms with E-state index in [4.69, 9.17) is 0 Å². The van der Waals surface area contributed by atoms with Crippen LogP contribution in [0.15, 0.2) is 63.3 Å². The van der Waals surface area contributed by atoms with E-state index in [-0.39, 0.29) is 11.4 Å². The molecule has 0 aliphatic heterocycles. The Kier molecular flexibility index (Phi) is 6.29. The second-order valence-corrected chi connectivity index (χ2v) is 9.93. The van der Waals surface area contributed by atoms with Crippen molar-refractivity contribution in [3.8, 4) is 11.3 Å². The molecule has 0 bridgehead atoms. The normalized spacial score (nSPS) is 11.6. The monoisotopic (exact) mass is 479 g/mol. The molecular weight excluding hydrogens is 462 g/mol. The molecule has 1 aromatic heterocycles. The minimum atomic E-state index is -3.75. The van der Waals surface area contributed by atoms with Gasteiger partial charge >= 0.3 is 0 Å². The number of anilines is 1. The van der Waals surface area contributed by atoms with Crippen LogP contribution in [0.25, 0.3) is 11.3 Å². The van der Waals surface area contributed by atoms with Crippen molar-refractivity contribution in [2.24, 2.45) is 0 Å². The van der Waals surface area contributed by atoms with E-state index < -0.39 is 15.9 Å². The SMILES string of the molecule is Cc1ccccc1-c1csc(NC(=O)CN(C)S(=O)(=O)c2ccc(Br)cc2)n1. The third-order valence-corrected chi connectivity index (χ3v) is 7.16. The summed E-state index contributed by atoms with van der Waals surface area (Å²) in [4.78, 5) is 16.9. The van der Waals surface area contributed by atoms with Crippen molar-refractivity contribution >= 4 is 48.3 Å². The van der Waals surface area contributed by atoms with Gasteiger partial charge in [-0.05, 0) is 36.8 Å². The van der Waals surface area contributed by atoms with Crippen molar-refractivity contribution in [1.29, 1.82) is 0 Å². The summed E-state index contributed by atoms with van der Waals surface area (Å²) in [6.45, 7) is 1.69. The predicted octanol–water partition coefficient (Wildman–Crippen LogP) is 4.14. The molecule has 28 heavy (non-hydrogen) atoms. The molecule has 0 fully saturated rings. The molecular formula is C19H18BrN3O3S2. The number of hydrogen-bond acceptors (Lipinski definition) is 5. The van der Waals surface area contributed by atoms with Crippen molar-refractivity contribution in [2.75, 3.05) is 18.9 Å². The van der Waals surface area contributed by atoms with E-state index >= 15 is 0 Å². The Bertz CT molecular complexity index is 1100. The van der Waals surface area contributed by atoms with Crippen LogP contribution in [0.5, 0.6) is 0 Å². The highest BCUT2D eigenvalue weighted by Crippen LogP contribution is 2.27. The van der Waals surface area contributed by atoms with Crippen molar-refractivity contribution in [3.05, 3.63) is 63.9 Å². The molecule has 6 nitrogen and oxygen atoms in total. The summed E-state index contributed by atoms with van der Waals surface area (Å²) < 4.78 is 26.9. The van der Waals surface area contributed by atoms with E-state index in [2.05, 4.69) is 26.2 Å². The number of aryl methyl sites for hydroxylation is 1. The maximum absolute atomic E-state index is 12.6. The van der Waals surface area contributed by atoms with Gasteiger partial charge in [0.15, 0.2) is 5.13 Å². The average Bonchev–Trinajstić information content (AvgIpc) is 3.10. The summed E-state index contributed by atoms with van der Waals surface area (Å²) in [7, 11) is -2.38. The van der Waals surface area contributed by atoms with Crippen LogP contribution in [0.1, 0.15) is 5.56 Å². The molecule has 0 saturated heterocycles. The first-order valence-corrected chi connectivity index (χ1v) is 11.4. The lowest BCUT2D eigenvalue weighted by Crippen LogP contribution is -2.34. The molecule has 0 aliphatic carbocycles. The van der Waals surface area contributed by atoms with E-state index in [1.165, 1.54) is 30.5 Å². The number of rotatable bonds is 6. The van der Waals surface area contributed by atoms with Gasteiger partial charge in [0, 0.05) is 22.5 Å². The first-order valence-electron chi connectivity index (χ1n) is 8.30. The van der Waals surface area contributed by atoms with E-state index in [9.17, 15) is 13.2 Å². The van der Waals surface area contributed by atoms with Crippen LogP contribution in [0, 0.1) is 6.92 Å². The Labute approximate surface area is 176 Å². The second kappa shape index (κ2) is 8.52. The first kappa shape index (κ1) is 20.7. The Morgan fingerprint density at radius 3 is 2.54 bits per heavy atom. The van der Waals surface area contributed by atoms with Crippen molar-refractivity contribution in [2.45, 2.75) is 11.8 Å². The number of amides is 1. The van der Waals surface area contributed by atoms with Crippen molar-refractivity contribution in [3.63, 3.8) is 0 Å². The lowest BCUT2D eigenvalue weighted by Gasteiger charge is -2.16. The zero-order valence-corrected chi connectivity index (χ0v) is 18.4. The molecule has 3 rings (SSSR count). The number of benzene rings is 2. The number of hydrogen-bond donors (Lipinski definition) is 1. The minimum absolute atomic E-state index is 0.127. The van der Waals surface area contributed by atoms with Gasteiger partial charge in [-0.25, -0.2) is 13.4 Å². The summed E-state index contributed by atoms with van der Waals surface area (Å²) in [5.74, 6) is -0.450. The zero-order chi connectivity index (χ0) is 20.3. The number of carbonyl (C=O) groups excluding carboxylic acids is 1. The third-order valence-electron chi connectivity index (χ3n) is 4.06. The van der Waals surface area contributed by atoms with Gasteiger partial charge in [-0.15, -0.1) is 11.3 Å². The summed E-state index contributed by atoms with van der Waals surface area (Å²) in [6, 6.07) is 14.1. The second-order valence-electron chi connectivity index (χ2n) is 6.12. The molecule has 1 N–H and O–H groups in total. The molecule has 0 radical (unpaired) electrons. The van der Waals surface area contributed by atoms with Gasteiger partial charge in [-0.3, -0.25) is 4.79 Å². The summed E-state index contributed by atoms with van der Waals surface area (Å²) in [6.07, 6.45) is 0. The zero-order valence-electron chi connectivity index (χ0n) is 15.2. The maximum atomic E-state index is 12.6. The largest absolute Gasteiger partial charge is 0.301 e. The van der Waals surface area contributed by atoms with Crippen molar-refractivity contribution < 1.29 is 13.2 Å². The van der Waals surface area contributed by atoms with Gasteiger partial charge in [-0.1, -0.05) is 40.2 Å². The van der Waals surface area contributed by atoms with E-state index in [0.717, 1.165) is 25.6 Å². The maximum Gasteiger partial charge on any atom is 0.243 e. The topological polar surface area (TPSA) is 79.4 Å². The van der Waals surface area contributed by atoms with E-state index in [1.54, 1.807) is 12.1 Å². The van der Waals surface area contributed by atoms with Crippen LogP contribution in [-0.4, -0.2) is 37.2 Å². The first-order chi connectivity index (χ1) is 13.3. The molecule has 1 heterocycles. The number of nitrogens with one attached hydrogen (secondary N) is 1. The van der Waals surface area contributed by atoms with Gasteiger partial charge < -0.3 is 5.32 Å². The fourth-order valence-electron chi connectivity index (χ4n) is 2.55. The highest BCUT2D eigenvalue weighted by atomic mass is 79.9. The third kappa shape index (κ3) is 4.67. The lowest BCUT2D eigenvalue weighted by atomic mass is 10.1. The Hall–Kier alpha value is -2.07. The summed E-state index contributed by atoms with van der Waals surface area (Å²) in [5, 5.41) is 4.96. The molecule has 0 spiro atoms. The molecule has 9 heteroatoms. The van der Waals surface area contributed by atoms with Gasteiger partial charge in [0.25, 0.3) is 0 Å². The Morgan fingerprint density at radius 2 is 1.86 bits per heavy atom. The fraction of sp³-hybridized carbons (Fsp3) is 0.158. The lowest BCUT2D eigenvalue weighted by molar-refractivity contribution is -0.116. The molecule has 2 aromatic carbocycles. The molecule has 0 aliphatic rings. The van der Waals surface area contributed by atoms with Crippen molar-refractivity contribution in [1.82, 2.24) is 9.29 Å². The highest BCUT2D eigenvalue weighted by Gasteiger charge is 2.23. The van der Waals surface area contributed by atoms with E-state index in [0.29, 0.717) is 5.13 Å². The quantitative estimate of drug-likeness (QED) is 0.575. The van der Waals surface area contributed by atoms with Crippen LogP contribution < -0.4 is 5.32 Å². The number of sulfonamides is 1. The van der Waals surface area contributed by atoms with Crippen LogP contribution in [0.3, 0.4) is 0 Å². The Balaban J connectivity index is 1.67. The van der Waals surface area contributed by atoms with Crippen LogP contribution in [0.2, 0.25) is 0 Å². The highest BCUT2D eigenvalue weighted by molar-refractivity contribution is 9.10. The van der Waals surface area contributed by atoms with Gasteiger partial charge in [-0.2, -0.15) is 4.31 Å². The van der Waals surface area contributed by atoms with Crippen LogP contribution >= 0.6 is 27.3 Å². The van der Waals surface area contributed by atoms with Gasteiger partial charge in [0.1, 0.15) is 0 Å². The average molecular weight is 480 g/mol. The molecule has 0 saturated carbocycles. The fourth-order valence-corrected chi connectivity index (χ4v) is 4.67. The Morgan fingerprint density at radius 1 is 1.18 bits per heavy atom. The number of carbonyl (C=O) groups is 1. The minimum Gasteiger partial charge on any atom is -0.301 e. The number of aromatic nitrogens is 1. The van der Waals surface area contributed by atoms with Gasteiger partial charge in [0.2, 0.25) is 15.9 Å². The molecule has 146 valence electrons. The number of likely N-dealkylation sites (N-methyl/N-ethyl adjacent to an activating group) is 1. The standard InChI is InChI=1S/C19H18BrN3O3S2/c1-13-5-3-4-6-16(13)17-12-27-19(21-17)22-18(24)11-23(2)28(25,26)15-9-7-14(20)8-10-15/h3-10,12H,11H2,1-2H3,(H,21,22,24). The molecule has 0 unspecified atom stereocenters. The van der Waals surface area contributed by atoms with E-state index in [1.807, 2.05) is 36.6 Å². The molecule has 1 amide bonds. The smallest absolute Gasteiger partial charge is 0.243 e. The van der Waals surface area contributed by atoms with Crippen LogP contribution in [-0.2, 0) is 14.8 Å². The number of nitrogens with zero attached hydrogens (tertiary/aromatic N) is 2. The number of thiazole rings is 1. The molecule has 0 atom stereocenters. The van der Waals surface area contributed by atoms with Crippen LogP contribution in [0.4, 0.5) is 5.13 Å². The summed E-state index contributed by atoms with van der Waals surface area (Å²) >= 11 is 4.57. The predicted molar refractivity (Wildman–Crippen MR) is 115 cm³/mol. The van der Waals surface area contributed by atoms with Gasteiger partial charge in [0.05, 0.1) is 17.1 Å². The molecule has 3 aromatic rings. The summed E-state index contributed by atoms with van der Waals surface area (Å²) in [5.41, 5.74) is 2.86. The number of halogens is 1.